The molecule has 1 amide bonds. The monoisotopic (exact) mass is 404 g/mol. The number of fused-ring (bicyclic) bond motifs is 3. The molecule has 25 heavy (non-hydrogen) atoms. The molecule has 2 heterocycles. The van der Waals surface area contributed by atoms with Crippen LogP contribution in [0.3, 0.4) is 0 Å². The second kappa shape index (κ2) is 7.62. The van der Waals surface area contributed by atoms with Crippen molar-refractivity contribution in [1.82, 2.24) is 9.88 Å². The number of carbonyl (C=O) groups is 1. The van der Waals surface area contributed by atoms with E-state index in [1.807, 2.05) is 18.2 Å². The Morgan fingerprint density at radius 2 is 2.12 bits per heavy atom. The first-order valence-corrected chi connectivity index (χ1v) is 9.24. The molecule has 0 radical (unpaired) electrons. The minimum Gasteiger partial charge on any atom is -0.445 e. The number of rotatable bonds is 4. The van der Waals surface area contributed by atoms with Gasteiger partial charge in [0, 0.05) is 29.7 Å². The lowest BCUT2D eigenvalue weighted by molar-refractivity contribution is 0.0791. The number of hydrogen-bond donors (Lipinski definition) is 2. The summed E-state index contributed by atoms with van der Waals surface area (Å²) in [6, 6.07) is 7.86. The van der Waals surface area contributed by atoms with Gasteiger partial charge in [-0.05, 0) is 30.9 Å². The number of aliphatic hydroxyl groups excluding tert-OH is 1. The molecule has 0 saturated heterocycles. The number of nitrogens with zero attached hydrogens (tertiary/aromatic N) is 1. The third-order valence-corrected chi connectivity index (χ3v) is 4.72. The molecule has 0 fully saturated rings. The van der Waals surface area contributed by atoms with Gasteiger partial charge in [-0.15, -0.1) is 0 Å². The summed E-state index contributed by atoms with van der Waals surface area (Å²) in [7, 11) is 0. The summed E-state index contributed by atoms with van der Waals surface area (Å²) in [5.74, 6) is 0. The van der Waals surface area contributed by atoms with Crippen LogP contribution in [0, 0.1) is 0 Å². The summed E-state index contributed by atoms with van der Waals surface area (Å²) in [4.78, 5) is 17.6. The molecule has 1 unspecified atom stereocenters. The lowest BCUT2D eigenvalue weighted by atomic mass is 9.95. The Morgan fingerprint density at radius 1 is 1.36 bits per heavy atom. The van der Waals surface area contributed by atoms with Gasteiger partial charge in [0.05, 0.1) is 6.04 Å². The number of carbonyl (C=O) groups excluding carboxylic acids is 1. The average molecular weight is 406 g/mol. The average Bonchev–Trinajstić information content (AvgIpc) is 2.95. The number of alkyl halides is 3. The van der Waals surface area contributed by atoms with Crippen LogP contribution in [0.1, 0.15) is 30.1 Å². The van der Waals surface area contributed by atoms with Crippen LogP contribution in [0.5, 0.6) is 0 Å². The highest BCUT2D eigenvalue weighted by molar-refractivity contribution is 6.67. The molecule has 8 heteroatoms. The van der Waals surface area contributed by atoms with Gasteiger partial charge in [-0.1, -0.05) is 53.0 Å². The fourth-order valence-electron chi connectivity index (χ4n) is 3.35. The van der Waals surface area contributed by atoms with Crippen LogP contribution in [-0.2, 0) is 11.2 Å². The van der Waals surface area contributed by atoms with Gasteiger partial charge in [0.1, 0.15) is 6.61 Å². The van der Waals surface area contributed by atoms with Gasteiger partial charge in [-0.25, -0.2) is 4.79 Å². The zero-order chi connectivity index (χ0) is 18.0. The lowest BCUT2D eigenvalue weighted by Crippen LogP contribution is -2.41. The summed E-state index contributed by atoms with van der Waals surface area (Å²) < 4.78 is 3.52. The van der Waals surface area contributed by atoms with E-state index >= 15 is 0 Å². The third-order valence-electron chi connectivity index (χ3n) is 4.39. The molecule has 0 bridgehead atoms. The van der Waals surface area contributed by atoms with E-state index in [2.05, 4.69) is 11.1 Å². The quantitative estimate of drug-likeness (QED) is 0.743. The summed E-state index contributed by atoms with van der Waals surface area (Å²) in [5, 5.41) is 10.4. The molecule has 1 aliphatic heterocycles. The molecule has 1 aromatic heterocycles. The summed E-state index contributed by atoms with van der Waals surface area (Å²) in [6.07, 6.45) is 1.41. The standard InChI is InChI=1S/C17H19Cl3N2O3/c18-17(19,20)10-25-16(24)22-8-7-12-11-4-1-2-5-13(11)21-15(12)14(22)6-3-9-23/h1-2,4-5,14,21,23H,3,6-10H2. The van der Waals surface area contributed by atoms with Crippen molar-refractivity contribution in [2.45, 2.75) is 29.1 Å². The topological polar surface area (TPSA) is 65.6 Å². The van der Waals surface area contributed by atoms with Crippen molar-refractivity contribution in [2.75, 3.05) is 19.8 Å². The smallest absolute Gasteiger partial charge is 0.410 e. The maximum atomic E-state index is 12.5. The third kappa shape index (κ3) is 4.17. The molecule has 1 aromatic carbocycles. The highest BCUT2D eigenvalue weighted by Gasteiger charge is 2.35. The van der Waals surface area contributed by atoms with Crippen molar-refractivity contribution in [3.05, 3.63) is 35.5 Å². The van der Waals surface area contributed by atoms with E-state index in [4.69, 9.17) is 39.5 Å². The summed E-state index contributed by atoms with van der Waals surface area (Å²) >= 11 is 17.0. The normalized spacial score (nSPS) is 17.6. The van der Waals surface area contributed by atoms with E-state index in [1.165, 1.54) is 10.9 Å². The largest absolute Gasteiger partial charge is 0.445 e. The van der Waals surface area contributed by atoms with E-state index in [1.54, 1.807) is 4.90 Å². The molecule has 0 spiro atoms. The number of amides is 1. The van der Waals surface area contributed by atoms with E-state index in [0.29, 0.717) is 19.4 Å². The van der Waals surface area contributed by atoms with Crippen LogP contribution in [-0.4, -0.2) is 44.6 Å². The van der Waals surface area contributed by atoms with Crippen molar-refractivity contribution in [3.8, 4) is 0 Å². The second-order valence-electron chi connectivity index (χ2n) is 6.06. The number of halogens is 3. The van der Waals surface area contributed by atoms with Crippen LogP contribution >= 0.6 is 34.8 Å². The van der Waals surface area contributed by atoms with Gasteiger partial charge in [-0.3, -0.25) is 4.90 Å². The molecule has 2 N–H and O–H groups in total. The molecule has 5 nitrogen and oxygen atoms in total. The number of benzene rings is 1. The minimum atomic E-state index is -1.64. The molecule has 1 aliphatic rings. The Morgan fingerprint density at radius 3 is 2.84 bits per heavy atom. The number of H-pyrrole nitrogens is 1. The van der Waals surface area contributed by atoms with Crippen LogP contribution in [0.15, 0.2) is 24.3 Å². The highest BCUT2D eigenvalue weighted by Crippen LogP contribution is 2.37. The summed E-state index contributed by atoms with van der Waals surface area (Å²) in [5.41, 5.74) is 3.24. The number of hydrogen-bond acceptors (Lipinski definition) is 3. The highest BCUT2D eigenvalue weighted by atomic mass is 35.6. The van der Waals surface area contributed by atoms with Crippen LogP contribution < -0.4 is 0 Å². The van der Waals surface area contributed by atoms with Crippen LogP contribution in [0.25, 0.3) is 10.9 Å². The zero-order valence-corrected chi connectivity index (χ0v) is 15.7. The Kier molecular flexibility index (Phi) is 5.68. The van der Waals surface area contributed by atoms with E-state index in [-0.39, 0.29) is 19.3 Å². The maximum absolute atomic E-state index is 12.5. The molecule has 0 aliphatic carbocycles. The van der Waals surface area contributed by atoms with Gasteiger partial charge in [0.2, 0.25) is 3.79 Å². The number of aliphatic hydroxyl groups is 1. The molecular weight excluding hydrogens is 387 g/mol. The summed E-state index contributed by atoms with van der Waals surface area (Å²) in [6.45, 7) is 0.270. The molecule has 2 aromatic rings. The minimum absolute atomic E-state index is 0.0586. The Balaban J connectivity index is 1.88. The van der Waals surface area contributed by atoms with Crippen molar-refractivity contribution >= 4 is 51.8 Å². The molecule has 0 saturated carbocycles. The fraction of sp³-hybridized carbons (Fsp3) is 0.471. The van der Waals surface area contributed by atoms with Crippen LogP contribution in [0.2, 0.25) is 0 Å². The number of nitrogens with one attached hydrogen (secondary N) is 1. The molecule has 3 rings (SSSR count). The van der Waals surface area contributed by atoms with E-state index in [0.717, 1.165) is 17.6 Å². The maximum Gasteiger partial charge on any atom is 0.410 e. The van der Waals surface area contributed by atoms with Crippen molar-refractivity contribution in [1.29, 1.82) is 0 Å². The van der Waals surface area contributed by atoms with Gasteiger partial charge >= 0.3 is 6.09 Å². The Labute approximate surface area is 160 Å². The first kappa shape index (κ1) is 18.6. The fourth-order valence-corrected chi connectivity index (χ4v) is 3.51. The van der Waals surface area contributed by atoms with Gasteiger partial charge in [0.15, 0.2) is 0 Å². The molecule has 136 valence electrons. The Bertz CT molecular complexity index is 757. The number of ether oxygens (including phenoxy) is 1. The second-order valence-corrected chi connectivity index (χ2v) is 8.57. The zero-order valence-electron chi connectivity index (χ0n) is 13.5. The van der Waals surface area contributed by atoms with E-state index < -0.39 is 9.89 Å². The molecule has 1 atom stereocenters. The Hall–Kier alpha value is -1.14. The predicted octanol–water partition coefficient (Wildman–Crippen LogP) is 4.35. The lowest BCUT2D eigenvalue weighted by Gasteiger charge is -2.35. The van der Waals surface area contributed by atoms with Gasteiger partial charge in [-0.2, -0.15) is 0 Å². The molecular formula is C17H19Cl3N2O3. The van der Waals surface area contributed by atoms with Crippen molar-refractivity contribution in [2.24, 2.45) is 0 Å². The number of para-hydroxylation sites is 1. The van der Waals surface area contributed by atoms with Crippen LogP contribution in [0.4, 0.5) is 4.79 Å². The predicted molar refractivity (Wildman–Crippen MR) is 99.4 cm³/mol. The SMILES string of the molecule is O=C(OCC(Cl)(Cl)Cl)N1CCc2c([nH]c3ccccc23)C1CCCO. The number of aromatic amines is 1. The van der Waals surface area contributed by atoms with Gasteiger partial charge < -0.3 is 14.8 Å². The van der Waals surface area contributed by atoms with Gasteiger partial charge in [0.25, 0.3) is 0 Å². The van der Waals surface area contributed by atoms with E-state index in [9.17, 15) is 9.90 Å². The first-order chi connectivity index (χ1) is 11.9. The van der Waals surface area contributed by atoms with Crippen molar-refractivity contribution < 1.29 is 14.6 Å². The number of aromatic nitrogens is 1. The first-order valence-electron chi connectivity index (χ1n) is 8.11. The van der Waals surface area contributed by atoms with Crippen molar-refractivity contribution in [3.63, 3.8) is 0 Å².